The summed E-state index contributed by atoms with van der Waals surface area (Å²) in [6.07, 6.45) is 1.69. The Morgan fingerprint density at radius 3 is 2.48 bits per heavy atom. The van der Waals surface area contributed by atoms with Crippen molar-refractivity contribution in [2.45, 2.75) is 44.9 Å². The first kappa shape index (κ1) is 21.3. The smallest absolute Gasteiger partial charge is 0.243 e. The number of aryl methyl sites for hydroxylation is 1. The van der Waals surface area contributed by atoms with Gasteiger partial charge in [-0.1, -0.05) is 48.0 Å². The van der Waals surface area contributed by atoms with Gasteiger partial charge in [0.2, 0.25) is 15.9 Å². The maximum absolute atomic E-state index is 13.3. The van der Waals surface area contributed by atoms with Crippen LogP contribution in [0.2, 0.25) is 0 Å². The van der Waals surface area contributed by atoms with E-state index in [0.717, 1.165) is 27.4 Å². The van der Waals surface area contributed by atoms with Crippen molar-refractivity contribution < 1.29 is 17.9 Å². The highest BCUT2D eigenvalue weighted by Crippen LogP contribution is 2.40. The number of fused-ring (bicyclic) bond motifs is 1. The van der Waals surface area contributed by atoms with Gasteiger partial charge in [0.25, 0.3) is 0 Å². The van der Waals surface area contributed by atoms with Gasteiger partial charge in [-0.05, 0) is 32.4 Å². The fourth-order valence-electron chi connectivity index (χ4n) is 3.71. The average Bonchev–Trinajstić information content (AvgIpc) is 2.62. The van der Waals surface area contributed by atoms with E-state index >= 15 is 0 Å². The number of ether oxygens (including phenoxy) is 1. The number of benzene rings is 2. The number of likely N-dealkylation sites (N-methyl/N-ethyl adjacent to an activating group) is 1. The van der Waals surface area contributed by atoms with Crippen molar-refractivity contribution in [3.63, 3.8) is 0 Å². The highest BCUT2D eigenvalue weighted by atomic mass is 32.2. The van der Waals surface area contributed by atoms with E-state index in [-0.39, 0.29) is 11.9 Å². The van der Waals surface area contributed by atoms with Crippen LogP contribution in [0.4, 0.5) is 0 Å². The van der Waals surface area contributed by atoms with Crippen LogP contribution in [0.5, 0.6) is 5.75 Å². The Morgan fingerprint density at radius 2 is 1.86 bits per heavy atom. The third-order valence-electron chi connectivity index (χ3n) is 5.19. The Hall–Kier alpha value is -2.38. The van der Waals surface area contributed by atoms with Gasteiger partial charge in [0.05, 0.1) is 12.3 Å². The molecule has 156 valence electrons. The molecule has 1 heterocycles. The maximum Gasteiger partial charge on any atom is 0.243 e. The number of sulfonamides is 1. The monoisotopic (exact) mass is 416 g/mol. The topological polar surface area (TPSA) is 75.7 Å². The molecule has 0 aliphatic carbocycles. The van der Waals surface area contributed by atoms with Crippen LogP contribution in [-0.4, -0.2) is 37.5 Å². The van der Waals surface area contributed by atoms with Gasteiger partial charge < -0.3 is 10.1 Å². The molecule has 0 saturated heterocycles. The Labute approximate surface area is 172 Å². The van der Waals surface area contributed by atoms with Crippen LogP contribution in [0, 0.1) is 6.92 Å². The van der Waals surface area contributed by atoms with E-state index in [1.165, 1.54) is 7.05 Å². The zero-order valence-corrected chi connectivity index (χ0v) is 18.3. The predicted molar refractivity (Wildman–Crippen MR) is 113 cm³/mol. The molecule has 0 radical (unpaired) electrons. The maximum atomic E-state index is 13.3. The predicted octanol–water partition coefficient (Wildman–Crippen LogP) is 3.35. The zero-order valence-electron chi connectivity index (χ0n) is 17.5. The van der Waals surface area contributed by atoms with Crippen molar-refractivity contribution in [3.8, 4) is 5.75 Å². The van der Waals surface area contributed by atoms with Crippen LogP contribution in [0.15, 0.2) is 48.5 Å². The second-order valence-electron chi connectivity index (χ2n) is 8.26. The summed E-state index contributed by atoms with van der Waals surface area (Å²) in [5.41, 5.74) is 2.14. The number of hydrogen-bond acceptors (Lipinski definition) is 4. The van der Waals surface area contributed by atoms with E-state index < -0.39 is 21.7 Å². The SMILES string of the molecule is Cc1ccc2c(c1)[C@@H](NC(=O)[C@@H](c1ccccc1)N(C)S(C)(=O)=O)CC(C)(C)O2. The lowest BCUT2D eigenvalue weighted by Gasteiger charge is -2.39. The molecule has 3 rings (SSSR count). The molecule has 0 saturated carbocycles. The van der Waals surface area contributed by atoms with E-state index in [2.05, 4.69) is 5.32 Å². The molecule has 0 aromatic heterocycles. The number of nitrogens with one attached hydrogen (secondary N) is 1. The molecule has 1 amide bonds. The molecule has 2 aromatic carbocycles. The molecule has 29 heavy (non-hydrogen) atoms. The van der Waals surface area contributed by atoms with Crippen molar-refractivity contribution in [1.29, 1.82) is 0 Å². The second kappa shape index (κ2) is 7.80. The lowest BCUT2D eigenvalue weighted by molar-refractivity contribution is -0.126. The summed E-state index contributed by atoms with van der Waals surface area (Å²) in [5, 5.41) is 3.08. The minimum atomic E-state index is -3.58. The Bertz CT molecular complexity index is 1000. The van der Waals surface area contributed by atoms with E-state index in [0.29, 0.717) is 12.0 Å². The molecule has 2 aromatic rings. The van der Waals surface area contributed by atoms with Crippen molar-refractivity contribution in [1.82, 2.24) is 9.62 Å². The highest BCUT2D eigenvalue weighted by molar-refractivity contribution is 7.88. The number of carbonyl (C=O) groups excluding carboxylic acids is 1. The first-order chi connectivity index (χ1) is 13.5. The molecule has 1 aliphatic rings. The largest absolute Gasteiger partial charge is 0.487 e. The van der Waals surface area contributed by atoms with Crippen LogP contribution in [0.1, 0.15) is 49.0 Å². The van der Waals surface area contributed by atoms with Gasteiger partial charge in [0.1, 0.15) is 17.4 Å². The highest BCUT2D eigenvalue weighted by Gasteiger charge is 2.37. The summed E-state index contributed by atoms with van der Waals surface area (Å²) in [4.78, 5) is 13.3. The summed E-state index contributed by atoms with van der Waals surface area (Å²) in [5.74, 6) is 0.379. The second-order valence-corrected chi connectivity index (χ2v) is 10.3. The number of nitrogens with zero attached hydrogens (tertiary/aromatic N) is 1. The fourth-order valence-corrected chi connectivity index (χ4v) is 4.31. The Balaban J connectivity index is 1.97. The normalized spacial score (nSPS) is 19.2. The summed E-state index contributed by atoms with van der Waals surface area (Å²) < 4.78 is 31.6. The summed E-state index contributed by atoms with van der Waals surface area (Å²) in [7, 11) is -2.15. The van der Waals surface area contributed by atoms with Gasteiger partial charge in [0.15, 0.2) is 0 Å². The molecule has 7 heteroatoms. The number of carbonyl (C=O) groups is 1. The van der Waals surface area contributed by atoms with Gasteiger partial charge in [-0.2, -0.15) is 4.31 Å². The fraction of sp³-hybridized carbons (Fsp3) is 0.409. The average molecular weight is 417 g/mol. The third-order valence-corrected chi connectivity index (χ3v) is 6.45. The summed E-state index contributed by atoms with van der Waals surface area (Å²) in [6.45, 7) is 5.95. The van der Waals surface area contributed by atoms with Crippen LogP contribution < -0.4 is 10.1 Å². The van der Waals surface area contributed by atoms with Crippen molar-refractivity contribution in [3.05, 3.63) is 65.2 Å². The Kier molecular flexibility index (Phi) is 5.74. The van der Waals surface area contributed by atoms with Crippen LogP contribution in [0.3, 0.4) is 0 Å². The third kappa shape index (κ3) is 4.79. The minimum absolute atomic E-state index is 0.277. The van der Waals surface area contributed by atoms with Crippen molar-refractivity contribution in [2.75, 3.05) is 13.3 Å². The van der Waals surface area contributed by atoms with E-state index in [1.54, 1.807) is 24.3 Å². The molecule has 1 aliphatic heterocycles. The first-order valence-corrected chi connectivity index (χ1v) is 11.4. The minimum Gasteiger partial charge on any atom is -0.487 e. The molecule has 6 nitrogen and oxygen atoms in total. The van der Waals surface area contributed by atoms with Crippen LogP contribution >= 0.6 is 0 Å². The lowest BCUT2D eigenvalue weighted by Crippen LogP contribution is -2.46. The lowest BCUT2D eigenvalue weighted by atomic mass is 9.88. The van der Waals surface area contributed by atoms with Crippen molar-refractivity contribution in [2.24, 2.45) is 0 Å². The molecule has 1 N–H and O–H groups in total. The van der Waals surface area contributed by atoms with Gasteiger partial charge in [-0.25, -0.2) is 8.42 Å². The van der Waals surface area contributed by atoms with E-state index in [9.17, 15) is 13.2 Å². The van der Waals surface area contributed by atoms with Crippen molar-refractivity contribution >= 4 is 15.9 Å². The summed E-state index contributed by atoms with van der Waals surface area (Å²) >= 11 is 0. The zero-order chi connectivity index (χ0) is 21.4. The quantitative estimate of drug-likeness (QED) is 0.811. The molecule has 2 atom stereocenters. The molecule has 0 bridgehead atoms. The van der Waals surface area contributed by atoms with Gasteiger partial charge in [-0.3, -0.25) is 4.79 Å². The molecular formula is C22H28N2O4S. The molecule has 0 spiro atoms. The first-order valence-electron chi connectivity index (χ1n) is 9.56. The number of amides is 1. The van der Waals surface area contributed by atoms with E-state index in [1.807, 2.05) is 45.0 Å². The molecule has 0 fully saturated rings. The van der Waals surface area contributed by atoms with Gasteiger partial charge in [0, 0.05) is 19.0 Å². The van der Waals surface area contributed by atoms with Gasteiger partial charge >= 0.3 is 0 Å². The van der Waals surface area contributed by atoms with Crippen LogP contribution in [0.25, 0.3) is 0 Å². The molecule has 0 unspecified atom stereocenters. The molecular weight excluding hydrogens is 388 g/mol. The summed E-state index contributed by atoms with van der Waals surface area (Å²) in [6, 6.07) is 13.6. The van der Waals surface area contributed by atoms with Gasteiger partial charge in [-0.15, -0.1) is 0 Å². The van der Waals surface area contributed by atoms with Crippen LogP contribution in [-0.2, 0) is 14.8 Å². The number of hydrogen-bond donors (Lipinski definition) is 1. The number of rotatable bonds is 5. The standard InChI is InChI=1S/C22H28N2O4S/c1-15-11-12-19-17(13-15)18(14-22(2,3)28-19)23-21(25)20(24(4)29(5,26)27)16-9-7-6-8-10-16/h6-13,18,20H,14H2,1-5H3,(H,23,25)/t18-,20+/m0/s1. The Morgan fingerprint density at radius 1 is 1.21 bits per heavy atom. The van der Waals surface area contributed by atoms with E-state index in [4.69, 9.17) is 4.74 Å².